The highest BCUT2D eigenvalue weighted by atomic mass is 79.9. The van der Waals surface area contributed by atoms with Crippen molar-refractivity contribution < 1.29 is 4.79 Å². The predicted molar refractivity (Wildman–Crippen MR) is 85.3 cm³/mol. The van der Waals surface area contributed by atoms with Crippen molar-refractivity contribution in [1.82, 2.24) is 4.90 Å². The van der Waals surface area contributed by atoms with E-state index in [9.17, 15) is 4.79 Å². The maximum atomic E-state index is 12.1. The molecule has 1 amide bonds. The fraction of sp³-hybridized carbons (Fsp3) is 0.438. The van der Waals surface area contributed by atoms with Gasteiger partial charge in [0, 0.05) is 13.6 Å². The number of amides is 1. The molecule has 0 aromatic heterocycles. The van der Waals surface area contributed by atoms with Crippen molar-refractivity contribution in [2.75, 3.05) is 13.6 Å². The van der Waals surface area contributed by atoms with E-state index in [1.54, 1.807) is 4.90 Å². The number of alkyl halides is 1. The van der Waals surface area contributed by atoms with Crippen LogP contribution < -0.4 is 0 Å². The smallest absolute Gasteiger partial charge is 0.236 e. The van der Waals surface area contributed by atoms with Crippen LogP contribution in [0.3, 0.4) is 0 Å². The first-order valence-electron chi connectivity index (χ1n) is 6.53. The lowest BCUT2D eigenvalue weighted by atomic mass is 10.1. The molecule has 1 rings (SSSR count). The van der Waals surface area contributed by atoms with Crippen molar-refractivity contribution in [3.63, 3.8) is 0 Å². The first-order valence-corrected chi connectivity index (χ1v) is 7.44. The van der Waals surface area contributed by atoms with Crippen LogP contribution in [0.25, 0.3) is 6.08 Å². The molecule has 0 aliphatic heterocycles. The monoisotopic (exact) mass is 323 g/mol. The number of benzene rings is 1. The van der Waals surface area contributed by atoms with Gasteiger partial charge in [0.2, 0.25) is 5.91 Å². The quantitative estimate of drug-likeness (QED) is 0.751. The fourth-order valence-electron chi connectivity index (χ4n) is 1.83. The predicted octanol–water partition coefficient (Wildman–Crippen LogP) is 3.97. The summed E-state index contributed by atoms with van der Waals surface area (Å²) in [5, 5.41) is 0. The summed E-state index contributed by atoms with van der Waals surface area (Å²) in [6.45, 7) is 6.79. The van der Waals surface area contributed by atoms with E-state index in [0.717, 1.165) is 0 Å². The first-order chi connectivity index (χ1) is 8.91. The third-order valence-electron chi connectivity index (χ3n) is 2.90. The molecular formula is C16H22BrNO. The number of hydrogen-bond donors (Lipinski definition) is 0. The van der Waals surface area contributed by atoms with E-state index < -0.39 is 0 Å². The Bertz CT molecular complexity index is 439. The Balaban J connectivity index is 2.64. The Morgan fingerprint density at radius 3 is 2.42 bits per heavy atom. The van der Waals surface area contributed by atoms with Crippen LogP contribution in [0, 0.1) is 5.92 Å². The van der Waals surface area contributed by atoms with Crippen LogP contribution >= 0.6 is 15.9 Å². The van der Waals surface area contributed by atoms with Crippen LogP contribution in [0.15, 0.2) is 35.9 Å². The minimum absolute atomic E-state index is 0.109. The number of carbonyl (C=O) groups is 1. The SMILES string of the molecule is C/C(=C\c1ccccc1)CN(C)C(=O)C(Br)C(C)C. The zero-order chi connectivity index (χ0) is 14.4. The summed E-state index contributed by atoms with van der Waals surface area (Å²) in [6.07, 6.45) is 2.11. The highest BCUT2D eigenvalue weighted by Crippen LogP contribution is 2.15. The first kappa shape index (κ1) is 16.0. The molecule has 0 aliphatic rings. The highest BCUT2D eigenvalue weighted by molar-refractivity contribution is 9.10. The zero-order valence-corrected chi connectivity index (χ0v) is 13.6. The van der Waals surface area contributed by atoms with Crippen molar-refractivity contribution in [3.05, 3.63) is 41.5 Å². The molecule has 0 fully saturated rings. The van der Waals surface area contributed by atoms with Crippen molar-refractivity contribution in [2.24, 2.45) is 5.92 Å². The summed E-state index contributed by atoms with van der Waals surface area (Å²) < 4.78 is 0. The van der Waals surface area contributed by atoms with Crippen molar-refractivity contribution in [3.8, 4) is 0 Å². The number of rotatable bonds is 5. The van der Waals surface area contributed by atoms with Crippen LogP contribution in [0.2, 0.25) is 0 Å². The summed E-state index contributed by atoms with van der Waals surface area (Å²) in [5.41, 5.74) is 2.34. The van der Waals surface area contributed by atoms with E-state index >= 15 is 0 Å². The standard InChI is InChI=1S/C16H22BrNO/c1-12(2)15(17)16(19)18(4)11-13(3)10-14-8-6-5-7-9-14/h5-10,12,15H,11H2,1-4H3/b13-10+. The average Bonchev–Trinajstić information content (AvgIpc) is 2.37. The third-order valence-corrected chi connectivity index (χ3v) is 4.35. The lowest BCUT2D eigenvalue weighted by molar-refractivity contribution is -0.129. The molecule has 1 aromatic rings. The van der Waals surface area contributed by atoms with Crippen LogP contribution in [0.1, 0.15) is 26.3 Å². The summed E-state index contributed by atoms with van der Waals surface area (Å²) >= 11 is 3.45. The molecule has 2 nitrogen and oxygen atoms in total. The minimum Gasteiger partial charge on any atom is -0.341 e. The number of hydrogen-bond acceptors (Lipinski definition) is 1. The number of halogens is 1. The second kappa shape index (κ2) is 7.49. The summed E-state index contributed by atoms with van der Waals surface area (Å²) in [4.78, 5) is 13.8. The molecular weight excluding hydrogens is 302 g/mol. The van der Waals surface area contributed by atoms with E-state index in [4.69, 9.17) is 0 Å². The molecule has 19 heavy (non-hydrogen) atoms. The Labute approximate surface area is 124 Å². The average molecular weight is 324 g/mol. The zero-order valence-electron chi connectivity index (χ0n) is 12.1. The van der Waals surface area contributed by atoms with Gasteiger partial charge in [0.25, 0.3) is 0 Å². The minimum atomic E-state index is -0.109. The molecule has 104 valence electrons. The molecule has 1 atom stereocenters. The second-order valence-corrected chi connectivity index (χ2v) is 6.23. The number of carbonyl (C=O) groups excluding carboxylic acids is 1. The van der Waals surface area contributed by atoms with E-state index in [1.807, 2.05) is 39.1 Å². The van der Waals surface area contributed by atoms with Gasteiger partial charge in [-0.15, -0.1) is 0 Å². The van der Waals surface area contributed by atoms with Crippen LogP contribution in [-0.2, 0) is 4.79 Å². The van der Waals surface area contributed by atoms with Gasteiger partial charge in [-0.25, -0.2) is 0 Å². The lowest BCUT2D eigenvalue weighted by Gasteiger charge is -2.22. The number of likely N-dealkylation sites (N-methyl/N-ethyl adjacent to an activating group) is 1. The Kier molecular flexibility index (Phi) is 6.29. The third kappa shape index (κ3) is 5.19. The maximum Gasteiger partial charge on any atom is 0.236 e. The van der Waals surface area contributed by atoms with Gasteiger partial charge in [0.15, 0.2) is 0 Å². The summed E-state index contributed by atoms with van der Waals surface area (Å²) in [6, 6.07) is 10.2. The molecule has 3 heteroatoms. The Morgan fingerprint density at radius 2 is 1.89 bits per heavy atom. The largest absolute Gasteiger partial charge is 0.341 e. The van der Waals surface area contributed by atoms with Gasteiger partial charge in [-0.1, -0.05) is 71.8 Å². The molecule has 0 bridgehead atoms. The fourth-order valence-corrected chi connectivity index (χ4v) is 2.18. The molecule has 0 radical (unpaired) electrons. The molecule has 0 N–H and O–H groups in total. The highest BCUT2D eigenvalue weighted by Gasteiger charge is 2.21. The molecule has 0 aliphatic carbocycles. The number of nitrogens with zero attached hydrogens (tertiary/aromatic N) is 1. The van der Waals surface area contributed by atoms with Crippen LogP contribution in [0.4, 0.5) is 0 Å². The molecule has 1 unspecified atom stereocenters. The lowest BCUT2D eigenvalue weighted by Crippen LogP contribution is -2.36. The normalized spacial score (nSPS) is 13.5. The van der Waals surface area contributed by atoms with Gasteiger partial charge in [0.05, 0.1) is 4.83 Å². The molecule has 0 saturated heterocycles. The van der Waals surface area contributed by atoms with E-state index in [2.05, 4.69) is 41.1 Å². The van der Waals surface area contributed by atoms with Gasteiger partial charge in [-0.2, -0.15) is 0 Å². The van der Waals surface area contributed by atoms with Gasteiger partial charge in [-0.3, -0.25) is 4.79 Å². The van der Waals surface area contributed by atoms with Crippen molar-refractivity contribution in [1.29, 1.82) is 0 Å². The topological polar surface area (TPSA) is 20.3 Å². The maximum absolute atomic E-state index is 12.1. The van der Waals surface area contributed by atoms with E-state index in [1.165, 1.54) is 11.1 Å². The molecule has 0 heterocycles. The van der Waals surface area contributed by atoms with Crippen molar-refractivity contribution in [2.45, 2.75) is 25.6 Å². The van der Waals surface area contributed by atoms with Crippen LogP contribution in [-0.4, -0.2) is 29.2 Å². The van der Waals surface area contributed by atoms with Gasteiger partial charge in [-0.05, 0) is 18.4 Å². The van der Waals surface area contributed by atoms with E-state index in [0.29, 0.717) is 12.5 Å². The van der Waals surface area contributed by atoms with Gasteiger partial charge >= 0.3 is 0 Å². The summed E-state index contributed by atoms with van der Waals surface area (Å²) in [5.74, 6) is 0.434. The molecule has 0 saturated carbocycles. The Hall–Kier alpha value is -1.09. The molecule has 0 spiro atoms. The molecule has 1 aromatic carbocycles. The Morgan fingerprint density at radius 1 is 1.32 bits per heavy atom. The van der Waals surface area contributed by atoms with Gasteiger partial charge < -0.3 is 4.90 Å². The van der Waals surface area contributed by atoms with E-state index in [-0.39, 0.29) is 10.7 Å². The van der Waals surface area contributed by atoms with Crippen molar-refractivity contribution >= 4 is 27.9 Å². The summed E-state index contributed by atoms with van der Waals surface area (Å²) in [7, 11) is 1.85. The second-order valence-electron chi connectivity index (χ2n) is 5.24. The van der Waals surface area contributed by atoms with Gasteiger partial charge in [0.1, 0.15) is 0 Å². The van der Waals surface area contributed by atoms with Crippen LogP contribution in [0.5, 0.6) is 0 Å².